The topological polar surface area (TPSA) is 58.6 Å². The van der Waals surface area contributed by atoms with Gasteiger partial charge in [0, 0.05) is 12.6 Å². The number of hydrogen-bond acceptors (Lipinski definition) is 3. The molecule has 4 nitrogen and oxygen atoms in total. The number of carboxylic acids is 1. The second-order valence-corrected chi connectivity index (χ2v) is 6.02. The summed E-state index contributed by atoms with van der Waals surface area (Å²) in [7, 11) is 0. The average Bonchev–Trinajstić information content (AvgIpc) is 2.43. The van der Waals surface area contributed by atoms with Crippen LogP contribution in [-0.2, 0) is 4.79 Å². The van der Waals surface area contributed by atoms with E-state index >= 15 is 0 Å². The van der Waals surface area contributed by atoms with Crippen LogP contribution in [0.2, 0.25) is 0 Å². The Morgan fingerprint density at radius 2 is 2.00 bits per heavy atom. The van der Waals surface area contributed by atoms with Crippen molar-refractivity contribution >= 4 is 5.97 Å². The molecular weight excluding hydrogens is 266 g/mol. The van der Waals surface area contributed by atoms with Gasteiger partial charge >= 0.3 is 5.97 Å². The smallest absolute Gasteiger partial charge is 0.306 e. The summed E-state index contributed by atoms with van der Waals surface area (Å²) in [6.45, 7) is 5.49. The average molecular weight is 291 g/mol. The number of carboxylic acid groups (broad SMARTS) is 1. The van der Waals surface area contributed by atoms with Gasteiger partial charge in [0.2, 0.25) is 0 Å². The Balaban J connectivity index is 1.70. The number of nitrogens with one attached hydrogen (secondary N) is 1. The van der Waals surface area contributed by atoms with Gasteiger partial charge in [0.25, 0.3) is 0 Å². The molecule has 2 rings (SSSR count). The van der Waals surface area contributed by atoms with Gasteiger partial charge in [0.05, 0.1) is 5.92 Å². The van der Waals surface area contributed by atoms with Crippen molar-refractivity contribution in [3.8, 4) is 5.75 Å². The Bertz CT molecular complexity index is 467. The molecule has 1 aliphatic carbocycles. The van der Waals surface area contributed by atoms with Gasteiger partial charge in [-0.05, 0) is 56.4 Å². The normalized spacial score (nSPS) is 22.0. The van der Waals surface area contributed by atoms with Crippen LogP contribution in [0.4, 0.5) is 0 Å². The van der Waals surface area contributed by atoms with Gasteiger partial charge in [-0.1, -0.05) is 12.5 Å². The van der Waals surface area contributed by atoms with Crippen molar-refractivity contribution in [1.82, 2.24) is 5.32 Å². The van der Waals surface area contributed by atoms with E-state index in [1.807, 2.05) is 12.1 Å². The summed E-state index contributed by atoms with van der Waals surface area (Å²) in [6.07, 6.45) is 3.60. The summed E-state index contributed by atoms with van der Waals surface area (Å²) in [5.41, 5.74) is 2.41. The fourth-order valence-corrected chi connectivity index (χ4v) is 3.05. The van der Waals surface area contributed by atoms with E-state index < -0.39 is 5.97 Å². The first-order chi connectivity index (χ1) is 10.0. The second-order valence-electron chi connectivity index (χ2n) is 6.02. The quantitative estimate of drug-likeness (QED) is 0.791. The van der Waals surface area contributed by atoms with Gasteiger partial charge in [-0.25, -0.2) is 0 Å². The summed E-state index contributed by atoms with van der Waals surface area (Å²) < 4.78 is 5.75. The number of benzene rings is 1. The van der Waals surface area contributed by atoms with E-state index in [2.05, 4.69) is 25.2 Å². The summed E-state index contributed by atoms with van der Waals surface area (Å²) in [6, 6.07) is 6.50. The third-order valence-electron chi connectivity index (χ3n) is 4.02. The van der Waals surface area contributed by atoms with Crippen molar-refractivity contribution in [2.45, 2.75) is 45.6 Å². The number of carbonyl (C=O) groups is 1. The zero-order chi connectivity index (χ0) is 15.2. The second kappa shape index (κ2) is 7.46. The molecule has 0 bridgehead atoms. The van der Waals surface area contributed by atoms with Gasteiger partial charge in [-0.15, -0.1) is 0 Å². The van der Waals surface area contributed by atoms with Crippen LogP contribution in [0, 0.1) is 19.8 Å². The van der Waals surface area contributed by atoms with E-state index in [9.17, 15) is 4.79 Å². The van der Waals surface area contributed by atoms with E-state index in [1.165, 1.54) is 11.1 Å². The van der Waals surface area contributed by atoms with Crippen molar-refractivity contribution in [3.05, 3.63) is 29.3 Å². The minimum atomic E-state index is -0.659. The molecule has 21 heavy (non-hydrogen) atoms. The molecule has 1 fully saturated rings. The highest BCUT2D eigenvalue weighted by molar-refractivity contribution is 5.70. The Morgan fingerprint density at radius 3 is 2.67 bits per heavy atom. The Morgan fingerprint density at radius 1 is 1.29 bits per heavy atom. The van der Waals surface area contributed by atoms with Crippen LogP contribution >= 0.6 is 0 Å². The standard InChI is InChI=1S/C17H25NO3/c1-12-8-13(2)10-16(9-12)21-7-6-18-15-5-3-4-14(11-15)17(19)20/h8-10,14-15,18H,3-7,11H2,1-2H3,(H,19,20). The Labute approximate surface area is 126 Å². The Hall–Kier alpha value is -1.55. The molecule has 0 radical (unpaired) electrons. The summed E-state index contributed by atoms with van der Waals surface area (Å²) in [4.78, 5) is 11.0. The van der Waals surface area contributed by atoms with Gasteiger partial charge in [0.15, 0.2) is 0 Å². The highest BCUT2D eigenvalue weighted by atomic mass is 16.5. The lowest BCUT2D eigenvalue weighted by Crippen LogP contribution is -2.38. The molecule has 0 spiro atoms. The highest BCUT2D eigenvalue weighted by Gasteiger charge is 2.26. The van der Waals surface area contributed by atoms with Gasteiger partial charge < -0.3 is 15.2 Å². The lowest BCUT2D eigenvalue weighted by molar-refractivity contribution is -0.143. The number of rotatable bonds is 6. The molecule has 116 valence electrons. The van der Waals surface area contributed by atoms with Gasteiger partial charge in [-0.3, -0.25) is 4.79 Å². The Kier molecular flexibility index (Phi) is 5.62. The van der Waals surface area contributed by atoms with Crippen molar-refractivity contribution in [3.63, 3.8) is 0 Å². The predicted molar refractivity (Wildman–Crippen MR) is 82.8 cm³/mol. The van der Waals surface area contributed by atoms with Crippen LogP contribution in [0.25, 0.3) is 0 Å². The number of hydrogen-bond donors (Lipinski definition) is 2. The molecule has 0 heterocycles. The summed E-state index contributed by atoms with van der Waals surface area (Å²) >= 11 is 0. The molecular formula is C17H25NO3. The maximum Gasteiger partial charge on any atom is 0.306 e. The van der Waals surface area contributed by atoms with E-state index in [4.69, 9.17) is 9.84 Å². The molecule has 4 heteroatoms. The third-order valence-corrected chi connectivity index (χ3v) is 4.02. The molecule has 2 unspecified atom stereocenters. The number of aliphatic carboxylic acids is 1. The summed E-state index contributed by atoms with van der Waals surface area (Å²) in [5, 5.41) is 12.5. The SMILES string of the molecule is Cc1cc(C)cc(OCCNC2CCCC(C(=O)O)C2)c1. The van der Waals surface area contributed by atoms with Crippen molar-refractivity contribution < 1.29 is 14.6 Å². The highest BCUT2D eigenvalue weighted by Crippen LogP contribution is 2.24. The number of aryl methyl sites for hydroxylation is 2. The van der Waals surface area contributed by atoms with Gasteiger partial charge in [0.1, 0.15) is 12.4 Å². The van der Waals surface area contributed by atoms with E-state index in [-0.39, 0.29) is 5.92 Å². The van der Waals surface area contributed by atoms with E-state index in [0.717, 1.165) is 38.0 Å². The first kappa shape index (κ1) is 15.8. The van der Waals surface area contributed by atoms with Crippen LogP contribution < -0.4 is 10.1 Å². The maximum atomic E-state index is 11.0. The molecule has 0 aromatic heterocycles. The van der Waals surface area contributed by atoms with Crippen LogP contribution in [-0.4, -0.2) is 30.3 Å². The molecule has 0 saturated heterocycles. The monoisotopic (exact) mass is 291 g/mol. The lowest BCUT2D eigenvalue weighted by atomic mass is 9.86. The van der Waals surface area contributed by atoms with E-state index in [1.54, 1.807) is 0 Å². The van der Waals surface area contributed by atoms with Gasteiger partial charge in [-0.2, -0.15) is 0 Å². The van der Waals surface area contributed by atoms with Crippen molar-refractivity contribution in [1.29, 1.82) is 0 Å². The van der Waals surface area contributed by atoms with Crippen molar-refractivity contribution in [2.75, 3.05) is 13.2 Å². The van der Waals surface area contributed by atoms with Crippen LogP contribution in [0.3, 0.4) is 0 Å². The zero-order valence-electron chi connectivity index (χ0n) is 12.9. The first-order valence-corrected chi connectivity index (χ1v) is 7.72. The third kappa shape index (κ3) is 5.05. The minimum Gasteiger partial charge on any atom is -0.492 e. The van der Waals surface area contributed by atoms with Crippen LogP contribution in [0.1, 0.15) is 36.8 Å². The minimum absolute atomic E-state index is 0.184. The number of ether oxygens (including phenoxy) is 1. The maximum absolute atomic E-state index is 11.0. The molecule has 2 atom stereocenters. The van der Waals surface area contributed by atoms with E-state index in [0.29, 0.717) is 12.6 Å². The summed E-state index contributed by atoms with van der Waals surface area (Å²) in [5.74, 6) is 0.0610. The predicted octanol–water partition coefficient (Wildman–Crippen LogP) is 2.92. The fraction of sp³-hybridized carbons (Fsp3) is 0.588. The largest absolute Gasteiger partial charge is 0.492 e. The molecule has 0 aliphatic heterocycles. The molecule has 2 N–H and O–H groups in total. The van der Waals surface area contributed by atoms with Crippen LogP contribution in [0.15, 0.2) is 18.2 Å². The van der Waals surface area contributed by atoms with Crippen LogP contribution in [0.5, 0.6) is 5.75 Å². The molecule has 1 saturated carbocycles. The lowest BCUT2D eigenvalue weighted by Gasteiger charge is -2.27. The fourth-order valence-electron chi connectivity index (χ4n) is 3.05. The zero-order valence-corrected chi connectivity index (χ0v) is 12.9. The molecule has 0 amide bonds. The first-order valence-electron chi connectivity index (χ1n) is 7.72. The molecule has 1 aromatic rings. The van der Waals surface area contributed by atoms with Crippen molar-refractivity contribution in [2.24, 2.45) is 5.92 Å². The molecule has 1 aromatic carbocycles. The molecule has 1 aliphatic rings.